The lowest BCUT2D eigenvalue weighted by atomic mass is 10.1. The highest BCUT2D eigenvalue weighted by molar-refractivity contribution is 5.78. The Hall–Kier alpha value is -1.56. The topological polar surface area (TPSA) is 41.1 Å². The van der Waals surface area contributed by atoms with Crippen LogP contribution in [0.4, 0.5) is 13.2 Å². The van der Waals surface area contributed by atoms with Crippen molar-refractivity contribution in [2.45, 2.75) is 25.4 Å². The maximum Gasteiger partial charge on any atom is 0.416 e. The first-order valence-electron chi connectivity index (χ1n) is 7.08. The maximum atomic E-state index is 12.4. The Bertz CT molecular complexity index is 465. The van der Waals surface area contributed by atoms with Gasteiger partial charge in [-0.1, -0.05) is 12.1 Å². The van der Waals surface area contributed by atoms with Crippen LogP contribution >= 0.6 is 0 Å². The predicted molar refractivity (Wildman–Crippen MR) is 73.8 cm³/mol. The Labute approximate surface area is 121 Å². The summed E-state index contributed by atoms with van der Waals surface area (Å²) in [4.78, 5) is 11.7. The van der Waals surface area contributed by atoms with E-state index in [9.17, 15) is 18.0 Å². The van der Waals surface area contributed by atoms with Gasteiger partial charge in [-0.2, -0.15) is 13.2 Å². The predicted octanol–water partition coefficient (Wildman–Crippen LogP) is 2.36. The molecule has 1 amide bonds. The van der Waals surface area contributed by atoms with Crippen molar-refractivity contribution in [3.63, 3.8) is 0 Å². The van der Waals surface area contributed by atoms with Gasteiger partial charge in [0.25, 0.3) is 0 Å². The third-order valence-electron chi connectivity index (χ3n) is 3.68. The lowest BCUT2D eigenvalue weighted by molar-refractivity contribution is -0.137. The van der Waals surface area contributed by atoms with Crippen LogP contribution in [0.25, 0.3) is 0 Å². The minimum atomic E-state index is -4.34. The number of hydrogen-bond donors (Lipinski definition) is 2. The van der Waals surface area contributed by atoms with Crippen LogP contribution in [0, 0.1) is 5.92 Å². The molecule has 1 unspecified atom stereocenters. The number of benzene rings is 1. The van der Waals surface area contributed by atoms with Crippen LogP contribution in [-0.4, -0.2) is 25.5 Å². The van der Waals surface area contributed by atoms with E-state index in [1.54, 1.807) is 0 Å². The number of carbonyl (C=O) groups excluding carboxylic acids is 1. The van der Waals surface area contributed by atoms with E-state index in [4.69, 9.17) is 0 Å². The molecule has 1 aromatic rings. The molecule has 1 aromatic carbocycles. The zero-order chi connectivity index (χ0) is 15.3. The van der Waals surface area contributed by atoms with E-state index in [1.165, 1.54) is 12.1 Å². The van der Waals surface area contributed by atoms with E-state index < -0.39 is 11.7 Å². The van der Waals surface area contributed by atoms with Crippen molar-refractivity contribution < 1.29 is 18.0 Å². The summed E-state index contributed by atoms with van der Waals surface area (Å²) >= 11 is 0. The van der Waals surface area contributed by atoms with Crippen LogP contribution in [0.1, 0.15) is 24.0 Å². The second-order valence-electron chi connectivity index (χ2n) is 5.37. The molecule has 1 aliphatic heterocycles. The molecular weight excluding hydrogens is 281 g/mol. The molecule has 0 aromatic heterocycles. The number of alkyl halides is 3. The number of rotatable bonds is 5. The van der Waals surface area contributed by atoms with Crippen LogP contribution in [0.15, 0.2) is 24.3 Å². The van der Waals surface area contributed by atoms with Gasteiger partial charge in [-0.3, -0.25) is 4.79 Å². The number of halogens is 3. The molecule has 3 nitrogen and oxygen atoms in total. The molecule has 116 valence electrons. The second-order valence-corrected chi connectivity index (χ2v) is 5.37. The molecule has 2 N–H and O–H groups in total. The number of carbonyl (C=O) groups is 1. The molecule has 0 saturated carbocycles. The third-order valence-corrected chi connectivity index (χ3v) is 3.68. The molecule has 0 radical (unpaired) electrons. The molecule has 0 bridgehead atoms. The van der Waals surface area contributed by atoms with Gasteiger partial charge in [-0.05, 0) is 49.5 Å². The summed E-state index contributed by atoms with van der Waals surface area (Å²) in [5.74, 6) is 0.456. The van der Waals surface area contributed by atoms with Crippen LogP contribution in [-0.2, 0) is 17.4 Å². The zero-order valence-electron chi connectivity index (χ0n) is 11.7. The van der Waals surface area contributed by atoms with Gasteiger partial charge in [-0.25, -0.2) is 0 Å². The van der Waals surface area contributed by atoms with Gasteiger partial charge in [0.2, 0.25) is 5.91 Å². The standard InChI is InChI=1S/C15H19F3N2O/c16-15(17,18)13-3-1-11(2-4-13)9-14(21)20-8-6-12-5-7-19-10-12/h1-4,12,19H,5-10H2,(H,20,21). The molecule has 6 heteroatoms. The van der Waals surface area contributed by atoms with Crippen molar-refractivity contribution in [2.75, 3.05) is 19.6 Å². The molecular formula is C15H19F3N2O. The van der Waals surface area contributed by atoms with Gasteiger partial charge in [0, 0.05) is 6.54 Å². The monoisotopic (exact) mass is 300 g/mol. The highest BCUT2D eigenvalue weighted by atomic mass is 19.4. The molecule has 0 aliphatic carbocycles. The van der Waals surface area contributed by atoms with Crippen molar-refractivity contribution in [1.82, 2.24) is 10.6 Å². The summed E-state index contributed by atoms with van der Waals surface area (Å²) in [7, 11) is 0. The van der Waals surface area contributed by atoms with Gasteiger partial charge in [0.05, 0.1) is 12.0 Å². The van der Waals surface area contributed by atoms with Crippen LogP contribution in [0.3, 0.4) is 0 Å². The van der Waals surface area contributed by atoms with Crippen molar-refractivity contribution in [3.05, 3.63) is 35.4 Å². The van der Waals surface area contributed by atoms with E-state index in [0.29, 0.717) is 18.0 Å². The number of nitrogens with one attached hydrogen (secondary N) is 2. The Morgan fingerprint density at radius 2 is 2.00 bits per heavy atom. The Morgan fingerprint density at radius 1 is 1.29 bits per heavy atom. The fourth-order valence-corrected chi connectivity index (χ4v) is 2.44. The Kier molecular flexibility index (Phi) is 5.22. The van der Waals surface area contributed by atoms with Crippen LogP contribution < -0.4 is 10.6 Å². The lowest BCUT2D eigenvalue weighted by Gasteiger charge is -2.10. The van der Waals surface area contributed by atoms with E-state index in [2.05, 4.69) is 10.6 Å². The highest BCUT2D eigenvalue weighted by Gasteiger charge is 2.29. The number of amides is 1. The van der Waals surface area contributed by atoms with Gasteiger partial charge in [0.1, 0.15) is 0 Å². The van der Waals surface area contributed by atoms with Gasteiger partial charge < -0.3 is 10.6 Å². The summed E-state index contributed by atoms with van der Waals surface area (Å²) in [5, 5.41) is 6.08. The zero-order valence-corrected chi connectivity index (χ0v) is 11.7. The van der Waals surface area contributed by atoms with E-state index in [1.807, 2.05) is 0 Å². The van der Waals surface area contributed by atoms with Crippen molar-refractivity contribution in [3.8, 4) is 0 Å². The average Bonchev–Trinajstić information content (AvgIpc) is 2.91. The van der Waals surface area contributed by atoms with Crippen molar-refractivity contribution in [2.24, 2.45) is 5.92 Å². The summed E-state index contributed by atoms with van der Waals surface area (Å²) in [6, 6.07) is 4.71. The van der Waals surface area contributed by atoms with E-state index in [-0.39, 0.29) is 12.3 Å². The van der Waals surface area contributed by atoms with Gasteiger partial charge >= 0.3 is 6.18 Å². The largest absolute Gasteiger partial charge is 0.416 e. The molecule has 1 heterocycles. The minimum absolute atomic E-state index is 0.112. The van der Waals surface area contributed by atoms with Crippen molar-refractivity contribution in [1.29, 1.82) is 0 Å². The highest BCUT2D eigenvalue weighted by Crippen LogP contribution is 2.29. The fourth-order valence-electron chi connectivity index (χ4n) is 2.44. The Morgan fingerprint density at radius 3 is 2.57 bits per heavy atom. The fraction of sp³-hybridized carbons (Fsp3) is 0.533. The van der Waals surface area contributed by atoms with E-state index >= 15 is 0 Å². The van der Waals surface area contributed by atoms with Gasteiger partial charge in [-0.15, -0.1) is 0 Å². The number of hydrogen-bond acceptors (Lipinski definition) is 2. The quantitative estimate of drug-likeness (QED) is 0.876. The maximum absolute atomic E-state index is 12.4. The Balaban J connectivity index is 1.74. The second kappa shape index (κ2) is 6.93. The minimum Gasteiger partial charge on any atom is -0.356 e. The molecule has 0 spiro atoms. The smallest absolute Gasteiger partial charge is 0.356 e. The summed E-state index contributed by atoms with van der Waals surface area (Å²) in [6.07, 6.45) is -2.16. The first-order valence-corrected chi connectivity index (χ1v) is 7.08. The molecule has 21 heavy (non-hydrogen) atoms. The lowest BCUT2D eigenvalue weighted by Crippen LogP contribution is -2.27. The summed E-state index contributed by atoms with van der Waals surface area (Å²) in [6.45, 7) is 2.64. The molecule has 1 atom stereocenters. The normalized spacial score (nSPS) is 18.7. The van der Waals surface area contributed by atoms with Crippen molar-refractivity contribution >= 4 is 5.91 Å². The molecule has 1 aliphatic rings. The third kappa shape index (κ3) is 5.04. The first kappa shape index (κ1) is 15.8. The first-order chi connectivity index (χ1) is 9.95. The van der Waals surface area contributed by atoms with Crippen LogP contribution in [0.2, 0.25) is 0 Å². The molecule has 2 rings (SSSR count). The van der Waals surface area contributed by atoms with E-state index in [0.717, 1.165) is 38.1 Å². The summed E-state index contributed by atoms with van der Waals surface area (Å²) < 4.78 is 37.2. The van der Waals surface area contributed by atoms with Crippen LogP contribution in [0.5, 0.6) is 0 Å². The van der Waals surface area contributed by atoms with Gasteiger partial charge in [0.15, 0.2) is 0 Å². The average molecular weight is 300 g/mol. The SMILES string of the molecule is O=C(Cc1ccc(C(F)(F)F)cc1)NCCC1CCNC1. The summed E-state index contributed by atoms with van der Waals surface area (Å²) in [5.41, 5.74) is -0.108. The molecule has 1 fully saturated rings. The molecule has 1 saturated heterocycles.